The molecule has 0 bridgehead atoms. The molecule has 0 aromatic carbocycles. The fourth-order valence-corrected chi connectivity index (χ4v) is 5.53. The number of phosphoric ester groups is 1. The molecule has 4 atom stereocenters. The first-order valence-corrected chi connectivity index (χ1v) is 16.3. The van der Waals surface area contributed by atoms with Crippen molar-refractivity contribution in [2.75, 3.05) is 26.3 Å². The zero-order valence-corrected chi connectivity index (χ0v) is 25.2. The highest BCUT2D eigenvalue weighted by atomic mass is 31.2. The highest BCUT2D eigenvalue weighted by Crippen LogP contribution is 2.44. The minimum atomic E-state index is -5.07. The molecule has 1 aromatic heterocycles. The summed E-state index contributed by atoms with van der Waals surface area (Å²) in [4.78, 5) is 60.1. The van der Waals surface area contributed by atoms with Gasteiger partial charge in [-0.25, -0.2) is 9.36 Å². The molecule has 4 N–H and O–H groups in total. The monoisotopic (exact) mass is 605 g/mol. The molecule has 14 heteroatoms. The number of hydrogen-bond acceptors (Lipinski definition) is 8. The van der Waals surface area contributed by atoms with Crippen molar-refractivity contribution in [3.05, 3.63) is 33.1 Å². The van der Waals surface area contributed by atoms with Gasteiger partial charge in [0.15, 0.2) is 6.23 Å². The van der Waals surface area contributed by atoms with Crippen LogP contribution in [0.1, 0.15) is 97.1 Å². The fourth-order valence-electron chi connectivity index (χ4n) is 4.96. The second-order valence-electron chi connectivity index (χ2n) is 10.5. The summed E-state index contributed by atoms with van der Waals surface area (Å²) < 4.78 is 29.1. The highest BCUT2D eigenvalue weighted by Gasteiger charge is 2.50. The van der Waals surface area contributed by atoms with Crippen LogP contribution in [0.25, 0.3) is 0 Å². The number of rotatable bonds is 21. The lowest BCUT2D eigenvalue weighted by molar-refractivity contribution is -0.143. The summed E-state index contributed by atoms with van der Waals surface area (Å²) >= 11 is 0. The predicted molar refractivity (Wildman–Crippen MR) is 152 cm³/mol. The van der Waals surface area contributed by atoms with Gasteiger partial charge in [0, 0.05) is 25.4 Å². The normalized spacial score (nSPS) is 20.9. The van der Waals surface area contributed by atoms with Crippen LogP contribution in [0.2, 0.25) is 0 Å². The number of amides is 1. The number of H-pyrrole nitrogens is 1. The number of nitrogens with zero attached hydrogens (tertiary/aromatic N) is 2. The maximum atomic E-state index is 13.3. The number of aliphatic hydroxyl groups excluding tert-OH is 1. The molecule has 13 nitrogen and oxygen atoms in total. The van der Waals surface area contributed by atoms with Crippen molar-refractivity contribution in [2.24, 2.45) is 0 Å². The number of aromatic nitrogens is 2. The van der Waals surface area contributed by atoms with Crippen LogP contribution >= 0.6 is 7.82 Å². The Bertz CT molecular complexity index is 1040. The minimum Gasteiger partial charge on any atom is -0.394 e. The number of nitrogens with one attached hydrogen (secondary N) is 1. The van der Waals surface area contributed by atoms with E-state index in [2.05, 4.69) is 18.8 Å². The lowest BCUT2D eigenvalue weighted by Crippen LogP contribution is -2.43. The van der Waals surface area contributed by atoms with Gasteiger partial charge in [-0.05, 0) is 12.8 Å². The van der Waals surface area contributed by atoms with Crippen molar-refractivity contribution in [1.29, 1.82) is 0 Å². The number of carbonyl (C=O) groups excluding carboxylic acids is 1. The molecular formula is C27H48N3O10P. The number of aliphatic hydroxyl groups is 1. The molecule has 1 amide bonds. The molecule has 41 heavy (non-hydrogen) atoms. The third-order valence-corrected chi connectivity index (χ3v) is 7.68. The number of aromatic amines is 1. The van der Waals surface area contributed by atoms with Crippen LogP contribution in [-0.4, -0.2) is 79.9 Å². The summed E-state index contributed by atoms with van der Waals surface area (Å²) in [6.07, 6.45) is 8.60. The maximum Gasteiger partial charge on any atom is 0.470 e. The Labute approximate surface area is 241 Å². The third-order valence-electron chi connectivity index (χ3n) is 7.16. The number of ether oxygens (including phenoxy) is 2. The van der Waals surface area contributed by atoms with Gasteiger partial charge in [0.05, 0.1) is 6.61 Å². The van der Waals surface area contributed by atoms with Crippen molar-refractivity contribution in [3.63, 3.8) is 0 Å². The molecular weight excluding hydrogens is 557 g/mol. The van der Waals surface area contributed by atoms with Gasteiger partial charge in [-0.3, -0.25) is 23.7 Å². The molecule has 1 aliphatic heterocycles. The van der Waals surface area contributed by atoms with Crippen LogP contribution < -0.4 is 11.2 Å². The average molecular weight is 606 g/mol. The SMILES string of the molecule is CCCCCCCCN(CCCCCCCC)C(=O)CO[C@@H]1[C@H](OP(=O)(O)O)[C@@H](CO)O[C@H]1n1ccc(=O)[nH]c1=O. The fraction of sp³-hybridized carbons (Fsp3) is 0.815. The Hall–Kier alpha value is -1.86. The zero-order chi connectivity index (χ0) is 30.3. The van der Waals surface area contributed by atoms with Crippen LogP contribution in [0.15, 0.2) is 21.9 Å². The van der Waals surface area contributed by atoms with Gasteiger partial charge in [0.25, 0.3) is 5.56 Å². The lowest BCUT2D eigenvalue weighted by Gasteiger charge is -2.27. The zero-order valence-electron chi connectivity index (χ0n) is 24.3. The van der Waals surface area contributed by atoms with Gasteiger partial charge in [0.1, 0.15) is 24.9 Å². The van der Waals surface area contributed by atoms with E-state index in [0.29, 0.717) is 13.1 Å². The molecule has 0 radical (unpaired) electrons. The average Bonchev–Trinajstić information content (AvgIpc) is 3.25. The highest BCUT2D eigenvalue weighted by molar-refractivity contribution is 7.46. The van der Waals surface area contributed by atoms with Gasteiger partial charge in [-0.15, -0.1) is 0 Å². The van der Waals surface area contributed by atoms with Crippen LogP contribution in [-0.2, 0) is 23.4 Å². The van der Waals surface area contributed by atoms with Gasteiger partial charge in [0.2, 0.25) is 5.91 Å². The molecule has 2 rings (SSSR count). The van der Waals surface area contributed by atoms with Crippen molar-refractivity contribution in [2.45, 2.75) is 115 Å². The minimum absolute atomic E-state index is 0.304. The molecule has 1 fully saturated rings. The first-order valence-electron chi connectivity index (χ1n) is 14.8. The van der Waals surface area contributed by atoms with Gasteiger partial charge in [-0.1, -0.05) is 78.1 Å². The van der Waals surface area contributed by atoms with E-state index >= 15 is 0 Å². The van der Waals surface area contributed by atoms with Crippen molar-refractivity contribution in [1.82, 2.24) is 14.5 Å². The molecule has 0 aliphatic carbocycles. The van der Waals surface area contributed by atoms with Crippen LogP contribution in [0.4, 0.5) is 0 Å². The smallest absolute Gasteiger partial charge is 0.394 e. The van der Waals surface area contributed by atoms with E-state index in [1.807, 2.05) is 0 Å². The summed E-state index contributed by atoms with van der Waals surface area (Å²) in [5.74, 6) is -0.304. The standard InChI is InChI=1S/C27H48N3O10P/c1-3-5-7-9-11-13-16-29(17-14-12-10-8-6-4-2)23(33)20-38-25-24(40-41(35,36)37)21(19-31)39-26(25)30-18-15-22(32)28-27(30)34/h15,18,21,24-26,31H,3-14,16-17,19-20H2,1-2H3,(H,28,32,34)(H2,35,36,37)/t21-,24-,25-,26-/m1/s1. The summed E-state index contributed by atoms with van der Waals surface area (Å²) in [5.41, 5.74) is -1.51. The molecule has 0 spiro atoms. The number of hydrogen-bond donors (Lipinski definition) is 4. The van der Waals surface area contributed by atoms with E-state index in [0.717, 1.165) is 81.0 Å². The molecule has 0 saturated carbocycles. The number of unbranched alkanes of at least 4 members (excludes halogenated alkanes) is 10. The molecule has 236 valence electrons. The maximum absolute atomic E-state index is 13.3. The van der Waals surface area contributed by atoms with Crippen LogP contribution in [0.3, 0.4) is 0 Å². The second-order valence-corrected chi connectivity index (χ2v) is 11.7. The molecule has 1 saturated heterocycles. The molecule has 0 unspecified atom stereocenters. The third kappa shape index (κ3) is 12.5. The Morgan fingerprint density at radius 2 is 1.54 bits per heavy atom. The first kappa shape index (κ1) is 35.3. The topological polar surface area (TPSA) is 181 Å². The van der Waals surface area contributed by atoms with E-state index in [9.17, 15) is 33.8 Å². The number of carbonyl (C=O) groups is 1. The Morgan fingerprint density at radius 1 is 0.976 bits per heavy atom. The van der Waals surface area contributed by atoms with Crippen molar-refractivity contribution in [3.8, 4) is 0 Å². The van der Waals surface area contributed by atoms with E-state index in [4.69, 9.17) is 14.0 Å². The summed E-state index contributed by atoms with van der Waals surface area (Å²) in [6.45, 7) is 4.30. The van der Waals surface area contributed by atoms with Gasteiger partial charge >= 0.3 is 13.5 Å². The first-order chi connectivity index (χ1) is 19.6. The Morgan fingerprint density at radius 3 is 2.05 bits per heavy atom. The molecule has 2 heterocycles. The van der Waals surface area contributed by atoms with E-state index in [1.165, 1.54) is 12.8 Å². The lowest BCUT2D eigenvalue weighted by atomic mass is 10.1. The van der Waals surface area contributed by atoms with E-state index in [1.54, 1.807) is 4.90 Å². The Kier molecular flexibility index (Phi) is 16.1. The Balaban J connectivity index is 2.15. The summed E-state index contributed by atoms with van der Waals surface area (Å²) in [7, 11) is -5.07. The van der Waals surface area contributed by atoms with Crippen molar-refractivity contribution < 1.29 is 38.3 Å². The quantitative estimate of drug-likeness (QED) is 0.120. The summed E-state index contributed by atoms with van der Waals surface area (Å²) in [5, 5.41) is 9.81. The van der Waals surface area contributed by atoms with Crippen LogP contribution in [0, 0.1) is 0 Å². The molecule has 1 aromatic rings. The van der Waals surface area contributed by atoms with Gasteiger partial charge in [-0.2, -0.15) is 0 Å². The van der Waals surface area contributed by atoms with E-state index < -0.39 is 56.8 Å². The predicted octanol–water partition coefficient (Wildman–Crippen LogP) is 2.84. The van der Waals surface area contributed by atoms with Crippen molar-refractivity contribution >= 4 is 13.7 Å². The largest absolute Gasteiger partial charge is 0.470 e. The van der Waals surface area contributed by atoms with E-state index in [-0.39, 0.29) is 5.91 Å². The second kappa shape index (κ2) is 18.6. The summed E-state index contributed by atoms with van der Waals surface area (Å²) in [6, 6.07) is 1.07. The number of phosphoric acid groups is 1. The van der Waals surface area contributed by atoms with Gasteiger partial charge < -0.3 is 29.3 Å². The molecule has 1 aliphatic rings. The van der Waals surface area contributed by atoms with Crippen LogP contribution in [0.5, 0.6) is 0 Å².